The van der Waals surface area contributed by atoms with Gasteiger partial charge in [0.05, 0.1) is 12.9 Å². The number of aryl methyl sites for hydroxylation is 1. The van der Waals surface area contributed by atoms with Gasteiger partial charge < -0.3 is 24.4 Å². The zero-order valence-electron chi connectivity index (χ0n) is 23.0. The van der Waals surface area contributed by atoms with Crippen molar-refractivity contribution in [3.63, 3.8) is 0 Å². The molecule has 1 aromatic heterocycles. The highest BCUT2D eigenvalue weighted by atomic mass is 16.5. The van der Waals surface area contributed by atoms with E-state index in [1.54, 1.807) is 6.92 Å². The second-order valence-corrected chi connectivity index (χ2v) is 9.74. The second kappa shape index (κ2) is 14.5. The first kappa shape index (κ1) is 28.4. The van der Waals surface area contributed by atoms with Gasteiger partial charge in [-0.1, -0.05) is 43.3 Å². The Balaban J connectivity index is 0.000000648. The summed E-state index contributed by atoms with van der Waals surface area (Å²) in [5.74, 6) is 1.55. The van der Waals surface area contributed by atoms with Gasteiger partial charge >= 0.3 is 0 Å². The van der Waals surface area contributed by atoms with Gasteiger partial charge in [0, 0.05) is 30.7 Å². The molecule has 0 unspecified atom stereocenters. The molecule has 1 aliphatic heterocycles. The van der Waals surface area contributed by atoms with E-state index in [2.05, 4.69) is 60.2 Å². The molecule has 1 aliphatic rings. The third-order valence-corrected chi connectivity index (χ3v) is 7.15. The molecule has 0 bridgehead atoms. The molecule has 6 heteroatoms. The van der Waals surface area contributed by atoms with E-state index in [1.165, 1.54) is 22.3 Å². The molecule has 0 aliphatic carbocycles. The Morgan fingerprint density at radius 3 is 2.49 bits per heavy atom. The number of furan rings is 1. The number of carbonyl (C=O) groups excluding carboxylic acids is 1. The third kappa shape index (κ3) is 7.49. The Hall–Kier alpha value is -3.61. The van der Waals surface area contributed by atoms with E-state index in [-0.39, 0.29) is 0 Å². The summed E-state index contributed by atoms with van der Waals surface area (Å²) in [5, 5.41) is 1.13. The molecule has 39 heavy (non-hydrogen) atoms. The average Bonchev–Trinajstić information content (AvgIpc) is 3.40. The smallest absolute Gasteiger partial charge is 0.293 e. The van der Waals surface area contributed by atoms with Gasteiger partial charge in [-0.2, -0.15) is 0 Å². The maximum absolute atomic E-state index is 9.18. The molecular formula is C33H39NO5. The Morgan fingerprint density at radius 1 is 0.949 bits per heavy atom. The molecule has 2 heterocycles. The third-order valence-electron chi connectivity index (χ3n) is 7.15. The summed E-state index contributed by atoms with van der Waals surface area (Å²) in [6.07, 6.45) is 6.00. The summed E-state index contributed by atoms with van der Waals surface area (Å²) in [4.78, 5) is 9.18. The highest BCUT2D eigenvalue weighted by molar-refractivity contribution is 5.89. The number of nitrogens with two attached hydrogens (primary N) is 1. The lowest BCUT2D eigenvalue weighted by molar-refractivity contribution is -0.128. The van der Waals surface area contributed by atoms with Crippen molar-refractivity contribution in [1.82, 2.24) is 0 Å². The predicted octanol–water partition coefficient (Wildman–Crippen LogP) is 6.85. The molecule has 0 spiro atoms. The lowest BCUT2D eigenvalue weighted by atomic mass is 9.89. The monoisotopic (exact) mass is 529 g/mol. The van der Waals surface area contributed by atoms with E-state index < -0.39 is 0 Å². The first-order chi connectivity index (χ1) is 19.2. The average molecular weight is 530 g/mol. The molecule has 5 rings (SSSR count). The lowest BCUT2D eigenvalue weighted by Gasteiger charge is -2.22. The fourth-order valence-corrected chi connectivity index (χ4v) is 4.99. The summed E-state index contributed by atoms with van der Waals surface area (Å²) in [5.41, 5.74) is 14.0. The highest BCUT2D eigenvalue weighted by Gasteiger charge is 2.20. The van der Waals surface area contributed by atoms with Gasteiger partial charge in [0.2, 0.25) is 0 Å². The minimum Gasteiger partial charge on any atom is -0.488 e. The molecule has 0 saturated carbocycles. The van der Waals surface area contributed by atoms with Crippen LogP contribution in [0.1, 0.15) is 48.9 Å². The molecule has 6 nitrogen and oxygen atoms in total. The van der Waals surface area contributed by atoms with Crippen molar-refractivity contribution in [2.45, 2.75) is 52.7 Å². The van der Waals surface area contributed by atoms with Gasteiger partial charge in [-0.3, -0.25) is 4.79 Å². The predicted molar refractivity (Wildman–Crippen MR) is 155 cm³/mol. The van der Waals surface area contributed by atoms with Crippen LogP contribution < -0.4 is 10.5 Å². The molecule has 0 atom stereocenters. The minimum absolute atomic E-state index is 0.431. The van der Waals surface area contributed by atoms with Crippen LogP contribution in [0, 0.1) is 5.92 Å². The molecule has 1 fully saturated rings. The summed E-state index contributed by atoms with van der Waals surface area (Å²) in [6.45, 7) is 7.53. The molecule has 206 valence electrons. The number of ether oxygens (including phenoxy) is 3. The molecule has 4 aromatic rings. The van der Waals surface area contributed by atoms with Crippen molar-refractivity contribution in [3.05, 3.63) is 89.2 Å². The van der Waals surface area contributed by atoms with E-state index in [4.69, 9.17) is 19.6 Å². The highest BCUT2D eigenvalue weighted by Crippen LogP contribution is 2.35. The number of para-hydroxylation sites is 1. The molecule has 0 amide bonds. The number of hydrogen-bond donors (Lipinski definition) is 1. The minimum atomic E-state index is 0.431. The van der Waals surface area contributed by atoms with Crippen molar-refractivity contribution >= 4 is 17.4 Å². The molecule has 0 radical (unpaired) electrons. The number of rotatable bonds is 10. The van der Waals surface area contributed by atoms with Crippen molar-refractivity contribution in [3.8, 4) is 16.9 Å². The largest absolute Gasteiger partial charge is 0.488 e. The first-order valence-corrected chi connectivity index (χ1v) is 13.8. The van der Waals surface area contributed by atoms with Crippen molar-refractivity contribution in [2.24, 2.45) is 11.7 Å². The van der Waals surface area contributed by atoms with E-state index in [0.717, 1.165) is 66.7 Å². The van der Waals surface area contributed by atoms with Crippen LogP contribution in [-0.2, 0) is 40.3 Å². The van der Waals surface area contributed by atoms with E-state index in [1.807, 2.05) is 18.4 Å². The number of fused-ring (bicyclic) bond motifs is 1. The standard InChI is InChI=1S/C30H33NO3.C3H6O2/c1-2-23-7-3-4-9-29(23)33-19-27-20-34-30-26(14-21-10-12-32-13-11-21)16-25(17-28(27)30)24-8-5-6-22(15-24)18-31;1-2-5-3-4/h3-9,15-17,20-21H,2,10-14,18-19,31H2,1H3;3H,2H2,1H3. The van der Waals surface area contributed by atoms with Gasteiger partial charge in [0.1, 0.15) is 17.9 Å². The fourth-order valence-electron chi connectivity index (χ4n) is 4.99. The van der Waals surface area contributed by atoms with Gasteiger partial charge in [0.15, 0.2) is 0 Å². The summed E-state index contributed by atoms with van der Waals surface area (Å²) in [6, 6.07) is 21.3. The van der Waals surface area contributed by atoms with Crippen molar-refractivity contribution < 1.29 is 23.4 Å². The molecule has 2 N–H and O–H groups in total. The summed E-state index contributed by atoms with van der Waals surface area (Å²) in [7, 11) is 0. The van der Waals surface area contributed by atoms with Gasteiger partial charge in [-0.05, 0) is 90.6 Å². The number of carbonyl (C=O) groups is 1. The summed E-state index contributed by atoms with van der Waals surface area (Å²) < 4.78 is 22.2. The van der Waals surface area contributed by atoms with Crippen LogP contribution in [0.4, 0.5) is 0 Å². The maximum Gasteiger partial charge on any atom is 0.293 e. The van der Waals surface area contributed by atoms with E-state index in [9.17, 15) is 4.79 Å². The number of benzene rings is 3. The lowest BCUT2D eigenvalue weighted by Crippen LogP contribution is -2.17. The Labute approximate surface area is 231 Å². The van der Waals surface area contributed by atoms with Crippen molar-refractivity contribution in [1.29, 1.82) is 0 Å². The summed E-state index contributed by atoms with van der Waals surface area (Å²) >= 11 is 0. The quantitative estimate of drug-likeness (QED) is 0.226. The number of hydrogen-bond acceptors (Lipinski definition) is 6. The normalized spacial score (nSPS) is 13.5. The van der Waals surface area contributed by atoms with E-state index >= 15 is 0 Å². The Bertz CT molecular complexity index is 1340. The van der Waals surface area contributed by atoms with Gasteiger partial charge in [0.25, 0.3) is 6.47 Å². The van der Waals surface area contributed by atoms with Crippen LogP contribution in [0.5, 0.6) is 5.75 Å². The fraction of sp³-hybridized carbons (Fsp3) is 0.364. The van der Waals surface area contributed by atoms with Gasteiger partial charge in [-0.25, -0.2) is 0 Å². The second-order valence-electron chi connectivity index (χ2n) is 9.74. The molecule has 3 aromatic carbocycles. The maximum atomic E-state index is 9.18. The van der Waals surface area contributed by atoms with Crippen molar-refractivity contribution in [2.75, 3.05) is 19.8 Å². The van der Waals surface area contributed by atoms with Crippen LogP contribution in [0.15, 0.2) is 71.3 Å². The SMILES string of the molecule is CCOC=O.CCc1ccccc1OCc1coc2c(CC3CCOCC3)cc(-c3cccc(CN)c3)cc12. The topological polar surface area (TPSA) is 83.9 Å². The Kier molecular flexibility index (Phi) is 10.6. The molecule has 1 saturated heterocycles. The first-order valence-electron chi connectivity index (χ1n) is 13.8. The Morgan fingerprint density at radius 2 is 1.77 bits per heavy atom. The van der Waals surface area contributed by atoms with Crippen LogP contribution >= 0.6 is 0 Å². The van der Waals surface area contributed by atoms with Crippen LogP contribution in [0.3, 0.4) is 0 Å². The van der Waals surface area contributed by atoms with Crippen LogP contribution in [0.2, 0.25) is 0 Å². The van der Waals surface area contributed by atoms with E-state index in [0.29, 0.717) is 32.1 Å². The zero-order chi connectivity index (χ0) is 27.5. The van der Waals surface area contributed by atoms with Gasteiger partial charge in [-0.15, -0.1) is 0 Å². The zero-order valence-corrected chi connectivity index (χ0v) is 23.0. The van der Waals surface area contributed by atoms with Crippen LogP contribution in [0.25, 0.3) is 22.1 Å². The molecular weight excluding hydrogens is 490 g/mol. The van der Waals surface area contributed by atoms with Crippen LogP contribution in [-0.4, -0.2) is 26.3 Å².